The quantitative estimate of drug-likeness (QED) is 0.624. The topological polar surface area (TPSA) is 40.5 Å². The molecule has 1 heterocycles. The molecule has 4 rings (SSSR count). The Bertz CT molecular complexity index is 1080. The Kier molecular flexibility index (Phi) is 6.14. The molecule has 0 unspecified atom stereocenters. The Morgan fingerprint density at radius 3 is 2.26 bits per heavy atom. The summed E-state index contributed by atoms with van der Waals surface area (Å²) in [7, 11) is 0. The largest absolute Gasteiger partial charge is 0.396 e. The number of halogens is 2. The fourth-order valence-corrected chi connectivity index (χ4v) is 4.51. The normalized spacial score (nSPS) is 18.7. The Morgan fingerprint density at radius 1 is 0.903 bits per heavy atom. The lowest BCUT2D eigenvalue weighted by atomic mass is 9.75. The van der Waals surface area contributed by atoms with Crippen molar-refractivity contribution in [1.82, 2.24) is 4.90 Å². The summed E-state index contributed by atoms with van der Waals surface area (Å²) < 4.78 is 28.7. The highest BCUT2D eigenvalue weighted by Gasteiger charge is 2.38. The van der Waals surface area contributed by atoms with Gasteiger partial charge in [-0.3, -0.25) is 4.79 Å². The fraction of sp³-hybridized carbons (Fsp3) is 0.269. The van der Waals surface area contributed by atoms with Crippen LogP contribution in [0.2, 0.25) is 0 Å². The van der Waals surface area contributed by atoms with Crippen LogP contribution < -0.4 is 0 Å². The highest BCUT2D eigenvalue weighted by molar-refractivity contribution is 6.01. The number of hydrogen-bond acceptors (Lipinski definition) is 2. The molecule has 0 spiro atoms. The van der Waals surface area contributed by atoms with E-state index in [9.17, 15) is 18.7 Å². The summed E-state index contributed by atoms with van der Waals surface area (Å²) in [6.07, 6.45) is 1.77. The maximum Gasteiger partial charge on any atom is 0.254 e. The number of aliphatic hydroxyl groups is 1. The van der Waals surface area contributed by atoms with Crippen LogP contribution in [0.3, 0.4) is 0 Å². The van der Waals surface area contributed by atoms with Gasteiger partial charge in [-0.2, -0.15) is 0 Å². The van der Waals surface area contributed by atoms with Crippen molar-refractivity contribution < 1.29 is 18.7 Å². The summed E-state index contributed by atoms with van der Waals surface area (Å²) in [5.41, 5.74) is 1.27. The number of aliphatic hydroxyl groups excluding tert-OH is 1. The summed E-state index contributed by atoms with van der Waals surface area (Å²) in [5.74, 6) is -0.890. The summed E-state index contributed by atoms with van der Waals surface area (Å²) >= 11 is 0. The third kappa shape index (κ3) is 4.37. The number of carbonyl (C=O) groups is 1. The smallest absolute Gasteiger partial charge is 0.254 e. The summed E-state index contributed by atoms with van der Waals surface area (Å²) in [6, 6.07) is 19.9. The van der Waals surface area contributed by atoms with Crippen LogP contribution in [-0.2, 0) is 6.42 Å². The number of benzene rings is 3. The lowest BCUT2D eigenvalue weighted by Gasteiger charge is -2.42. The van der Waals surface area contributed by atoms with Crippen LogP contribution in [0.4, 0.5) is 8.78 Å². The van der Waals surface area contributed by atoms with Crippen molar-refractivity contribution in [2.45, 2.75) is 19.3 Å². The minimum atomic E-state index is -0.608. The Labute approximate surface area is 181 Å². The van der Waals surface area contributed by atoms with Gasteiger partial charge in [-0.15, -0.1) is 0 Å². The molecule has 1 atom stereocenters. The molecule has 3 aromatic carbocycles. The lowest BCUT2D eigenvalue weighted by molar-refractivity contribution is 0.0268. The number of nitrogens with zero attached hydrogens (tertiary/aromatic N) is 1. The Morgan fingerprint density at radius 2 is 1.55 bits per heavy atom. The van der Waals surface area contributed by atoms with Gasteiger partial charge in [-0.25, -0.2) is 8.78 Å². The SMILES string of the molecule is O=C(c1ccccc1-c1ccccc1F)N1CCC[C@](CO)(Cc2ccccc2F)C1. The van der Waals surface area contributed by atoms with E-state index in [1.54, 1.807) is 65.6 Å². The van der Waals surface area contributed by atoms with Gasteiger partial charge in [0.05, 0.1) is 6.61 Å². The first-order valence-corrected chi connectivity index (χ1v) is 10.5. The molecule has 1 fully saturated rings. The van der Waals surface area contributed by atoms with E-state index in [1.807, 2.05) is 0 Å². The number of likely N-dealkylation sites (tertiary alicyclic amines) is 1. The molecule has 160 valence electrons. The molecular formula is C26H25F2NO2. The van der Waals surface area contributed by atoms with Crippen LogP contribution in [0.1, 0.15) is 28.8 Å². The lowest BCUT2D eigenvalue weighted by Crippen LogP contribution is -2.49. The molecule has 1 aliphatic heterocycles. The fourth-order valence-electron chi connectivity index (χ4n) is 4.51. The molecule has 0 aliphatic carbocycles. The van der Waals surface area contributed by atoms with Gasteiger partial charge in [-0.05, 0) is 48.6 Å². The van der Waals surface area contributed by atoms with Crippen molar-refractivity contribution in [3.05, 3.63) is 95.6 Å². The van der Waals surface area contributed by atoms with Crippen LogP contribution in [0.5, 0.6) is 0 Å². The van der Waals surface area contributed by atoms with Crippen molar-refractivity contribution in [3.8, 4) is 11.1 Å². The maximum absolute atomic E-state index is 14.4. The number of hydrogen-bond donors (Lipinski definition) is 1. The van der Waals surface area contributed by atoms with Crippen molar-refractivity contribution in [2.75, 3.05) is 19.7 Å². The summed E-state index contributed by atoms with van der Waals surface area (Å²) in [5, 5.41) is 10.2. The van der Waals surface area contributed by atoms with Gasteiger partial charge in [0.25, 0.3) is 5.91 Å². The number of amides is 1. The van der Waals surface area contributed by atoms with E-state index in [0.29, 0.717) is 54.6 Å². The highest BCUT2D eigenvalue weighted by atomic mass is 19.1. The van der Waals surface area contributed by atoms with Crippen LogP contribution in [0, 0.1) is 17.0 Å². The van der Waals surface area contributed by atoms with Crippen LogP contribution in [0.15, 0.2) is 72.8 Å². The van der Waals surface area contributed by atoms with Crippen molar-refractivity contribution in [1.29, 1.82) is 0 Å². The molecule has 1 N–H and O–H groups in total. The molecule has 5 heteroatoms. The second kappa shape index (κ2) is 8.98. The molecule has 31 heavy (non-hydrogen) atoms. The van der Waals surface area contributed by atoms with Crippen LogP contribution >= 0.6 is 0 Å². The molecule has 3 aromatic rings. The van der Waals surface area contributed by atoms with Gasteiger partial charge < -0.3 is 10.0 Å². The summed E-state index contributed by atoms with van der Waals surface area (Å²) in [6.45, 7) is 0.728. The van der Waals surface area contributed by atoms with Crippen LogP contribution in [-0.4, -0.2) is 35.6 Å². The van der Waals surface area contributed by atoms with E-state index in [0.717, 1.165) is 0 Å². The van der Waals surface area contributed by atoms with E-state index >= 15 is 0 Å². The zero-order valence-corrected chi connectivity index (χ0v) is 17.2. The van der Waals surface area contributed by atoms with Crippen molar-refractivity contribution >= 4 is 5.91 Å². The average Bonchev–Trinajstić information content (AvgIpc) is 2.81. The van der Waals surface area contributed by atoms with E-state index in [4.69, 9.17) is 0 Å². The first kappa shape index (κ1) is 21.2. The van der Waals surface area contributed by atoms with Gasteiger partial charge in [-0.1, -0.05) is 54.6 Å². The third-order valence-corrected chi connectivity index (χ3v) is 6.13. The second-order valence-electron chi connectivity index (χ2n) is 8.28. The molecule has 1 amide bonds. The first-order chi connectivity index (χ1) is 15.0. The first-order valence-electron chi connectivity index (χ1n) is 10.5. The van der Waals surface area contributed by atoms with E-state index < -0.39 is 5.41 Å². The predicted molar refractivity (Wildman–Crippen MR) is 117 cm³/mol. The van der Waals surface area contributed by atoms with E-state index in [-0.39, 0.29) is 24.1 Å². The molecular weight excluding hydrogens is 396 g/mol. The second-order valence-corrected chi connectivity index (χ2v) is 8.28. The minimum absolute atomic E-state index is 0.139. The molecule has 1 aliphatic rings. The predicted octanol–water partition coefficient (Wildman–Crippen LogP) is 5.09. The van der Waals surface area contributed by atoms with Crippen LogP contribution in [0.25, 0.3) is 11.1 Å². The van der Waals surface area contributed by atoms with Gasteiger partial charge in [0, 0.05) is 29.6 Å². The molecule has 0 radical (unpaired) electrons. The zero-order chi connectivity index (χ0) is 21.8. The monoisotopic (exact) mass is 421 g/mol. The van der Waals surface area contributed by atoms with Gasteiger partial charge in [0.2, 0.25) is 0 Å². The van der Waals surface area contributed by atoms with Gasteiger partial charge in [0.15, 0.2) is 0 Å². The third-order valence-electron chi connectivity index (χ3n) is 6.13. The average molecular weight is 421 g/mol. The number of rotatable bonds is 5. The number of carbonyl (C=O) groups excluding carboxylic acids is 1. The van der Waals surface area contributed by atoms with Crippen molar-refractivity contribution in [2.24, 2.45) is 5.41 Å². The van der Waals surface area contributed by atoms with Gasteiger partial charge >= 0.3 is 0 Å². The van der Waals surface area contributed by atoms with Crippen molar-refractivity contribution in [3.63, 3.8) is 0 Å². The Balaban J connectivity index is 1.63. The summed E-state index contributed by atoms with van der Waals surface area (Å²) in [4.78, 5) is 15.2. The van der Waals surface area contributed by atoms with E-state index in [1.165, 1.54) is 12.1 Å². The highest BCUT2D eigenvalue weighted by Crippen LogP contribution is 2.36. The molecule has 0 saturated carbocycles. The van der Waals surface area contributed by atoms with Gasteiger partial charge in [0.1, 0.15) is 11.6 Å². The zero-order valence-electron chi connectivity index (χ0n) is 17.2. The minimum Gasteiger partial charge on any atom is -0.396 e. The Hall–Kier alpha value is -3.05. The standard InChI is InChI=1S/C26H25F2NO2/c27-23-12-5-1-8-19(23)16-26(18-30)14-7-15-29(17-26)25(31)22-11-3-2-9-20(22)21-10-4-6-13-24(21)28/h1-6,8-13,30H,7,14-18H2/t26-/m0/s1. The molecule has 1 saturated heterocycles. The molecule has 3 nitrogen and oxygen atoms in total. The molecule has 0 aromatic heterocycles. The number of piperidine rings is 1. The molecule has 0 bridgehead atoms. The maximum atomic E-state index is 14.4. The van der Waals surface area contributed by atoms with E-state index in [2.05, 4.69) is 0 Å².